The van der Waals surface area contributed by atoms with E-state index in [1.165, 1.54) is 7.11 Å². The number of ether oxygens (including phenoxy) is 2. The summed E-state index contributed by atoms with van der Waals surface area (Å²) in [6.45, 7) is 2.02. The number of methoxy groups -OCH3 is 2. The number of aryl methyl sites for hydroxylation is 1. The van der Waals surface area contributed by atoms with Gasteiger partial charge in [-0.1, -0.05) is 0 Å². The number of rotatable bonds is 5. The van der Waals surface area contributed by atoms with Crippen LogP contribution in [0.5, 0.6) is 5.75 Å². The van der Waals surface area contributed by atoms with E-state index in [-0.39, 0.29) is 12.4 Å². The van der Waals surface area contributed by atoms with Crippen molar-refractivity contribution in [2.45, 2.75) is 13.3 Å². The second kappa shape index (κ2) is 10.2. The topological polar surface area (TPSA) is 142 Å². The third-order valence-electron chi connectivity index (χ3n) is 3.89. The Morgan fingerprint density at radius 3 is 2.18 bits per heavy atom. The fraction of sp³-hybridized carbons (Fsp3) is 0.333. The third-order valence-corrected chi connectivity index (χ3v) is 3.89. The molecule has 0 atom stereocenters. The molecule has 0 unspecified atom stereocenters. The van der Waals surface area contributed by atoms with Crippen LogP contribution in [0.15, 0.2) is 35.3 Å². The van der Waals surface area contributed by atoms with Crippen LogP contribution in [0.2, 0.25) is 0 Å². The second-order valence-corrected chi connectivity index (χ2v) is 6.47. The molecule has 0 radical (unpaired) electrons. The van der Waals surface area contributed by atoms with Crippen molar-refractivity contribution in [3.05, 3.63) is 52.8 Å². The Balaban J connectivity index is 0.000000696. The molecule has 1 heterocycles. The van der Waals surface area contributed by atoms with Crippen LogP contribution in [-0.2, 0) is 23.0 Å². The van der Waals surface area contributed by atoms with Crippen molar-refractivity contribution in [2.75, 3.05) is 21.3 Å². The molecule has 1 N–H and O–H groups in total. The minimum absolute atomic E-state index is 0.243. The SMILES string of the molecule is CN=C(c1ccc(OC)cc1)c1c(C)cc(CC(=O)OC)n1C.[O-][Cl+3]([O-])([O-])O. The lowest BCUT2D eigenvalue weighted by atomic mass is 10.0. The highest BCUT2D eigenvalue weighted by atomic mass is 35.7. The molecule has 154 valence electrons. The van der Waals surface area contributed by atoms with Gasteiger partial charge in [-0.25, -0.2) is 0 Å². The number of carbonyl (C=O) groups excluding carboxylic acids is 1. The summed E-state index contributed by atoms with van der Waals surface area (Å²) in [5.74, 6) is 0.552. The van der Waals surface area contributed by atoms with E-state index in [9.17, 15) is 4.79 Å². The van der Waals surface area contributed by atoms with Gasteiger partial charge < -0.3 is 14.0 Å². The lowest BCUT2D eigenvalue weighted by molar-refractivity contribution is -1.92. The Bertz CT molecular complexity index is 818. The Morgan fingerprint density at radius 1 is 1.21 bits per heavy atom. The highest BCUT2D eigenvalue weighted by Crippen LogP contribution is 2.21. The van der Waals surface area contributed by atoms with Gasteiger partial charge in [-0.05, 0) is 42.8 Å². The van der Waals surface area contributed by atoms with Gasteiger partial charge in [-0.15, -0.1) is 0 Å². The zero-order valence-corrected chi connectivity index (χ0v) is 17.0. The van der Waals surface area contributed by atoms with Crippen molar-refractivity contribution in [1.82, 2.24) is 4.57 Å². The van der Waals surface area contributed by atoms with Crippen LogP contribution in [0.3, 0.4) is 0 Å². The molecule has 0 amide bonds. The van der Waals surface area contributed by atoms with Crippen molar-refractivity contribution in [3.8, 4) is 5.75 Å². The third kappa shape index (κ3) is 6.95. The largest absolute Gasteiger partial charge is 0.497 e. The standard InChI is InChI=1S/C18H22N2O3.ClHO4/c1-12-10-14(11-16(21)23-5)20(3)18(12)17(19-2)13-6-8-15(22-4)9-7-13;2-1(3,4)5/h6-10H,11H2,1-5H3;(H,2,3,4,5). The summed E-state index contributed by atoms with van der Waals surface area (Å²) in [6, 6.07) is 9.78. The van der Waals surface area contributed by atoms with Gasteiger partial charge in [0.15, 0.2) is 0 Å². The van der Waals surface area contributed by atoms with Crippen LogP contribution < -0.4 is 18.7 Å². The summed E-state index contributed by atoms with van der Waals surface area (Å²) < 4.78 is 44.7. The monoisotopic (exact) mass is 414 g/mol. The summed E-state index contributed by atoms with van der Waals surface area (Å²) in [4.78, 5) is 16.0. The fourth-order valence-electron chi connectivity index (χ4n) is 2.68. The predicted molar refractivity (Wildman–Crippen MR) is 92.6 cm³/mol. The summed E-state index contributed by atoms with van der Waals surface area (Å²) in [5.41, 5.74) is 4.85. The van der Waals surface area contributed by atoms with Crippen LogP contribution in [-0.4, -0.2) is 42.2 Å². The predicted octanol–water partition coefficient (Wildman–Crippen LogP) is -1.60. The zero-order chi connectivity index (χ0) is 21.5. The molecule has 0 aliphatic rings. The molecule has 2 aromatic rings. The molecule has 10 heteroatoms. The average molecular weight is 415 g/mol. The molecule has 0 saturated carbocycles. The summed E-state index contributed by atoms with van der Waals surface area (Å²) >= 11 is 0. The van der Waals surface area contributed by atoms with E-state index in [1.807, 2.05) is 48.9 Å². The van der Waals surface area contributed by atoms with Crippen molar-refractivity contribution < 1.29 is 43.1 Å². The summed E-state index contributed by atoms with van der Waals surface area (Å²) in [5, 5.41) is 0. The number of aromatic nitrogens is 1. The van der Waals surface area contributed by atoms with E-state index >= 15 is 0 Å². The van der Waals surface area contributed by atoms with E-state index in [0.29, 0.717) is 0 Å². The van der Waals surface area contributed by atoms with E-state index in [1.54, 1.807) is 14.2 Å². The Labute approximate surface area is 165 Å². The lowest BCUT2D eigenvalue weighted by Gasteiger charge is -2.12. The van der Waals surface area contributed by atoms with E-state index in [0.717, 1.165) is 34.0 Å². The molecule has 0 saturated heterocycles. The van der Waals surface area contributed by atoms with Gasteiger partial charge in [-0.2, -0.15) is 14.0 Å². The number of nitrogens with zero attached hydrogens (tertiary/aromatic N) is 2. The van der Waals surface area contributed by atoms with Gasteiger partial charge in [0.05, 0.1) is 46.9 Å². The zero-order valence-electron chi connectivity index (χ0n) is 16.3. The molecule has 9 nitrogen and oxygen atoms in total. The molecular weight excluding hydrogens is 392 g/mol. The molecule has 0 fully saturated rings. The highest BCUT2D eigenvalue weighted by molar-refractivity contribution is 6.13. The molecule has 0 bridgehead atoms. The van der Waals surface area contributed by atoms with E-state index in [4.69, 9.17) is 28.1 Å². The first-order valence-corrected chi connectivity index (χ1v) is 9.25. The number of hydrogen-bond donors (Lipinski definition) is 1. The van der Waals surface area contributed by atoms with Gasteiger partial charge in [0, 0.05) is 25.4 Å². The summed E-state index contributed by atoms with van der Waals surface area (Å²) in [6.07, 6.45) is 0.243. The Morgan fingerprint density at radius 2 is 1.75 bits per heavy atom. The van der Waals surface area contributed by atoms with Crippen LogP contribution in [0, 0.1) is 17.2 Å². The van der Waals surface area contributed by atoms with Crippen LogP contribution in [0.4, 0.5) is 0 Å². The quantitative estimate of drug-likeness (QED) is 0.458. The first-order valence-electron chi connectivity index (χ1n) is 7.98. The van der Waals surface area contributed by atoms with Gasteiger partial charge in [0.25, 0.3) is 0 Å². The number of hydrogen-bond acceptors (Lipinski definition) is 8. The molecule has 0 aliphatic carbocycles. The van der Waals surface area contributed by atoms with E-state index in [2.05, 4.69) is 4.99 Å². The lowest BCUT2D eigenvalue weighted by Crippen LogP contribution is -2.58. The highest BCUT2D eigenvalue weighted by Gasteiger charge is 2.18. The maximum absolute atomic E-state index is 11.6. The summed E-state index contributed by atoms with van der Waals surface area (Å²) in [7, 11) is 2.06. The fourth-order valence-corrected chi connectivity index (χ4v) is 2.68. The molecule has 0 spiro atoms. The van der Waals surface area contributed by atoms with Crippen molar-refractivity contribution in [3.63, 3.8) is 0 Å². The Kier molecular flexibility index (Phi) is 8.61. The smallest absolute Gasteiger partial charge is 0.311 e. The Hall–Kier alpha value is -2.43. The maximum Gasteiger partial charge on any atom is 0.311 e. The van der Waals surface area contributed by atoms with Gasteiger partial charge >= 0.3 is 5.97 Å². The molecule has 2 rings (SSSR count). The average Bonchev–Trinajstić information content (AvgIpc) is 2.89. The molecule has 0 aliphatic heterocycles. The molecule has 28 heavy (non-hydrogen) atoms. The minimum atomic E-state index is -4.69. The number of halogens is 1. The first kappa shape index (κ1) is 23.6. The number of aliphatic imine (C=N–C) groups is 1. The van der Waals surface area contributed by atoms with Crippen molar-refractivity contribution in [1.29, 1.82) is 0 Å². The first-order chi connectivity index (χ1) is 13.0. The normalized spacial score (nSPS) is 11.5. The van der Waals surface area contributed by atoms with Crippen LogP contribution in [0.1, 0.15) is 22.5 Å². The number of esters is 1. The molecule has 1 aromatic heterocycles. The molecule has 1 aromatic carbocycles. The van der Waals surface area contributed by atoms with Crippen molar-refractivity contribution in [2.24, 2.45) is 12.0 Å². The number of benzene rings is 1. The second-order valence-electron chi connectivity index (χ2n) is 5.68. The van der Waals surface area contributed by atoms with Crippen LogP contribution >= 0.6 is 0 Å². The number of carbonyl (C=O) groups is 1. The maximum atomic E-state index is 11.6. The van der Waals surface area contributed by atoms with Crippen molar-refractivity contribution >= 4 is 11.7 Å². The van der Waals surface area contributed by atoms with Gasteiger partial charge in [0.1, 0.15) is 5.75 Å². The van der Waals surface area contributed by atoms with Gasteiger partial charge in [0.2, 0.25) is 0 Å². The van der Waals surface area contributed by atoms with Crippen LogP contribution in [0.25, 0.3) is 0 Å². The minimum Gasteiger partial charge on any atom is -0.497 e. The molecular formula is C18H23ClN2O7. The van der Waals surface area contributed by atoms with E-state index < -0.39 is 10.2 Å². The van der Waals surface area contributed by atoms with Gasteiger partial charge in [-0.3, -0.25) is 9.79 Å².